The van der Waals surface area contributed by atoms with E-state index in [0.717, 1.165) is 48.7 Å². The highest BCUT2D eigenvalue weighted by Gasteiger charge is 2.10. The average Bonchev–Trinajstić information content (AvgIpc) is 2.75. The van der Waals surface area contributed by atoms with Crippen LogP contribution in [0.15, 0.2) is 12.3 Å². The van der Waals surface area contributed by atoms with Crippen molar-refractivity contribution in [1.82, 2.24) is 14.5 Å². The molecule has 0 radical (unpaired) electrons. The van der Waals surface area contributed by atoms with Gasteiger partial charge in [0.25, 0.3) is 0 Å². The van der Waals surface area contributed by atoms with E-state index in [1.165, 1.54) is 0 Å². The van der Waals surface area contributed by atoms with Crippen LogP contribution in [0.1, 0.15) is 31.7 Å². The fraction of sp³-hybridized carbons (Fsp3) is 0.600. The van der Waals surface area contributed by atoms with E-state index in [0.29, 0.717) is 11.8 Å². The molecule has 2 heterocycles. The van der Waals surface area contributed by atoms with Crippen LogP contribution in [-0.4, -0.2) is 27.7 Å². The second kappa shape index (κ2) is 7.04. The van der Waals surface area contributed by atoms with Crippen molar-refractivity contribution < 1.29 is 4.74 Å². The van der Waals surface area contributed by atoms with Crippen molar-refractivity contribution in [3.63, 3.8) is 0 Å². The summed E-state index contributed by atoms with van der Waals surface area (Å²) in [6.07, 6.45) is 2.81. The van der Waals surface area contributed by atoms with Gasteiger partial charge in [-0.1, -0.05) is 13.8 Å². The van der Waals surface area contributed by atoms with E-state index >= 15 is 0 Å². The van der Waals surface area contributed by atoms with Crippen LogP contribution < -0.4 is 0 Å². The highest BCUT2D eigenvalue weighted by atomic mass is 35.5. The summed E-state index contributed by atoms with van der Waals surface area (Å²) in [5.41, 5.74) is 2.95. The Morgan fingerprint density at radius 3 is 2.90 bits per heavy atom. The van der Waals surface area contributed by atoms with E-state index in [1.807, 2.05) is 19.2 Å². The predicted molar refractivity (Wildman–Crippen MR) is 82.1 cm³/mol. The van der Waals surface area contributed by atoms with Gasteiger partial charge in [-0.15, -0.1) is 11.6 Å². The molecule has 2 aromatic rings. The molecule has 110 valence electrons. The minimum absolute atomic E-state index is 0.405. The van der Waals surface area contributed by atoms with Gasteiger partial charge in [0.05, 0.1) is 5.88 Å². The van der Waals surface area contributed by atoms with Gasteiger partial charge in [-0.3, -0.25) is 0 Å². The number of rotatable bonds is 7. The van der Waals surface area contributed by atoms with Crippen molar-refractivity contribution in [2.24, 2.45) is 5.92 Å². The maximum atomic E-state index is 5.98. The van der Waals surface area contributed by atoms with Gasteiger partial charge in [-0.05, 0) is 30.9 Å². The van der Waals surface area contributed by atoms with Crippen LogP contribution in [-0.2, 0) is 17.2 Å². The zero-order valence-corrected chi connectivity index (χ0v) is 13.2. The van der Waals surface area contributed by atoms with Crippen LogP contribution >= 0.6 is 11.6 Å². The standard InChI is InChI=1S/C15H22ClN3O/c1-11(2)10-20-6-4-5-19-14(8-16)18-13-7-12(3)9-17-15(13)19/h7,9,11H,4-6,8,10H2,1-3H3. The molecule has 20 heavy (non-hydrogen) atoms. The van der Waals surface area contributed by atoms with Gasteiger partial charge in [0.1, 0.15) is 11.3 Å². The van der Waals surface area contributed by atoms with Crippen LogP contribution in [0.2, 0.25) is 0 Å². The maximum Gasteiger partial charge on any atom is 0.160 e. The minimum Gasteiger partial charge on any atom is -0.381 e. The zero-order chi connectivity index (χ0) is 14.5. The number of halogens is 1. The molecule has 0 atom stereocenters. The Morgan fingerprint density at radius 2 is 2.20 bits per heavy atom. The molecule has 0 bridgehead atoms. The first-order valence-corrected chi connectivity index (χ1v) is 7.60. The summed E-state index contributed by atoms with van der Waals surface area (Å²) < 4.78 is 7.71. The lowest BCUT2D eigenvalue weighted by Gasteiger charge is -2.09. The molecule has 0 unspecified atom stereocenters. The van der Waals surface area contributed by atoms with Crippen molar-refractivity contribution in [3.05, 3.63) is 23.7 Å². The molecular weight excluding hydrogens is 274 g/mol. The van der Waals surface area contributed by atoms with E-state index in [2.05, 4.69) is 28.4 Å². The normalized spacial score (nSPS) is 11.7. The van der Waals surface area contributed by atoms with Crippen molar-refractivity contribution in [1.29, 1.82) is 0 Å². The second-order valence-corrected chi connectivity index (χ2v) is 5.76. The Hall–Kier alpha value is -1.13. The number of pyridine rings is 1. The molecule has 5 heteroatoms. The molecule has 0 aromatic carbocycles. The van der Waals surface area contributed by atoms with Crippen LogP contribution in [0, 0.1) is 12.8 Å². The molecule has 0 spiro atoms. The fourth-order valence-electron chi connectivity index (χ4n) is 2.14. The first-order valence-electron chi connectivity index (χ1n) is 7.07. The Balaban J connectivity index is 2.04. The number of nitrogens with zero attached hydrogens (tertiary/aromatic N) is 3. The molecule has 4 nitrogen and oxygen atoms in total. The molecule has 0 fully saturated rings. The average molecular weight is 296 g/mol. The number of aromatic nitrogens is 3. The molecule has 0 aliphatic carbocycles. The highest BCUT2D eigenvalue weighted by molar-refractivity contribution is 6.16. The second-order valence-electron chi connectivity index (χ2n) is 5.49. The number of fused-ring (bicyclic) bond motifs is 1. The van der Waals surface area contributed by atoms with Crippen molar-refractivity contribution >= 4 is 22.8 Å². The van der Waals surface area contributed by atoms with Gasteiger partial charge in [-0.25, -0.2) is 9.97 Å². The van der Waals surface area contributed by atoms with Crippen LogP contribution in [0.25, 0.3) is 11.2 Å². The summed E-state index contributed by atoms with van der Waals surface area (Å²) >= 11 is 5.98. The van der Waals surface area contributed by atoms with Crippen LogP contribution in [0.4, 0.5) is 0 Å². The zero-order valence-electron chi connectivity index (χ0n) is 12.4. The Morgan fingerprint density at radius 1 is 1.40 bits per heavy atom. The van der Waals surface area contributed by atoms with E-state index in [9.17, 15) is 0 Å². The molecule has 0 N–H and O–H groups in total. The van der Waals surface area contributed by atoms with E-state index in [4.69, 9.17) is 16.3 Å². The summed E-state index contributed by atoms with van der Waals surface area (Å²) in [5.74, 6) is 1.86. The largest absolute Gasteiger partial charge is 0.381 e. The molecule has 2 aromatic heterocycles. The van der Waals surface area contributed by atoms with Gasteiger partial charge in [-0.2, -0.15) is 0 Å². The smallest absolute Gasteiger partial charge is 0.160 e. The summed E-state index contributed by atoms with van der Waals surface area (Å²) in [7, 11) is 0. The lowest BCUT2D eigenvalue weighted by molar-refractivity contribution is 0.105. The van der Waals surface area contributed by atoms with Crippen molar-refractivity contribution in [2.75, 3.05) is 13.2 Å². The van der Waals surface area contributed by atoms with Gasteiger partial charge in [0, 0.05) is 26.0 Å². The third kappa shape index (κ3) is 3.70. The monoisotopic (exact) mass is 295 g/mol. The SMILES string of the molecule is Cc1cnc2c(c1)nc(CCl)n2CCCOCC(C)C. The van der Waals surface area contributed by atoms with Crippen LogP contribution in [0.5, 0.6) is 0 Å². The van der Waals surface area contributed by atoms with E-state index < -0.39 is 0 Å². The van der Waals surface area contributed by atoms with Crippen LogP contribution in [0.3, 0.4) is 0 Å². The molecule has 0 amide bonds. The minimum atomic E-state index is 0.405. The summed E-state index contributed by atoms with van der Waals surface area (Å²) in [6, 6.07) is 2.05. The molecule has 2 rings (SSSR count). The predicted octanol–water partition coefficient (Wildman–Crippen LogP) is 3.54. The quantitative estimate of drug-likeness (QED) is 0.579. The third-order valence-corrected chi connectivity index (χ3v) is 3.28. The van der Waals surface area contributed by atoms with E-state index in [-0.39, 0.29) is 0 Å². The first kappa shape index (κ1) is 15.3. The topological polar surface area (TPSA) is 39.9 Å². The molecule has 0 saturated carbocycles. The highest BCUT2D eigenvalue weighted by Crippen LogP contribution is 2.17. The Kier molecular flexibility index (Phi) is 5.38. The first-order chi connectivity index (χ1) is 9.61. The number of imidazole rings is 1. The lowest BCUT2D eigenvalue weighted by atomic mass is 10.2. The number of alkyl halides is 1. The van der Waals surface area contributed by atoms with Gasteiger partial charge >= 0.3 is 0 Å². The van der Waals surface area contributed by atoms with E-state index in [1.54, 1.807) is 0 Å². The van der Waals surface area contributed by atoms with Gasteiger partial charge in [0.2, 0.25) is 0 Å². The fourth-order valence-corrected chi connectivity index (χ4v) is 2.34. The number of ether oxygens (including phenoxy) is 1. The third-order valence-electron chi connectivity index (χ3n) is 3.04. The number of hydrogen-bond acceptors (Lipinski definition) is 3. The summed E-state index contributed by atoms with van der Waals surface area (Å²) in [5, 5.41) is 0. The molecule has 0 aliphatic heterocycles. The Bertz CT molecular complexity index is 565. The molecule has 0 aliphatic rings. The summed E-state index contributed by atoms with van der Waals surface area (Å²) in [6.45, 7) is 8.73. The number of aryl methyl sites for hydroxylation is 2. The van der Waals surface area contributed by atoms with Crippen molar-refractivity contribution in [3.8, 4) is 0 Å². The lowest BCUT2D eigenvalue weighted by Crippen LogP contribution is -2.08. The van der Waals surface area contributed by atoms with Crippen molar-refractivity contribution in [2.45, 2.75) is 39.6 Å². The Labute approximate surface area is 125 Å². The maximum absolute atomic E-state index is 5.98. The number of hydrogen-bond donors (Lipinski definition) is 0. The van der Waals surface area contributed by atoms with Gasteiger partial charge in [0.15, 0.2) is 5.65 Å². The molecule has 0 saturated heterocycles. The molecular formula is C15H22ClN3O. The summed E-state index contributed by atoms with van der Waals surface area (Å²) in [4.78, 5) is 9.02. The van der Waals surface area contributed by atoms with Gasteiger partial charge < -0.3 is 9.30 Å².